The molecule has 1 heterocycles. The van der Waals surface area contributed by atoms with E-state index in [1.807, 2.05) is 6.07 Å². The number of hydrogen-bond donors (Lipinski definition) is 1. The minimum absolute atomic E-state index is 0.0295. The fourth-order valence-electron chi connectivity index (χ4n) is 1.70. The number of nitrogens with zero attached hydrogens (tertiary/aromatic N) is 4. The molecular formula is C13H12FN5O. The van der Waals surface area contributed by atoms with Gasteiger partial charge in [-0.05, 0) is 25.1 Å². The van der Waals surface area contributed by atoms with Crippen molar-refractivity contribution in [3.05, 3.63) is 46.8 Å². The summed E-state index contributed by atoms with van der Waals surface area (Å²) in [7, 11) is 1.52. The first-order chi connectivity index (χ1) is 9.51. The molecule has 0 atom stereocenters. The Kier molecular flexibility index (Phi) is 3.75. The van der Waals surface area contributed by atoms with Crippen molar-refractivity contribution in [3.8, 4) is 6.07 Å². The van der Waals surface area contributed by atoms with E-state index in [-0.39, 0.29) is 17.9 Å². The van der Waals surface area contributed by atoms with Gasteiger partial charge in [-0.25, -0.2) is 9.37 Å². The molecule has 0 aliphatic heterocycles. The topological polar surface area (TPSA) is 85.7 Å². The number of nitrogens with one attached hydrogen (secondary N) is 1. The van der Waals surface area contributed by atoms with Gasteiger partial charge in [0.15, 0.2) is 0 Å². The molecule has 1 amide bonds. The predicted molar refractivity (Wildman–Crippen MR) is 68.0 cm³/mol. The summed E-state index contributed by atoms with van der Waals surface area (Å²) in [5.74, 6) is -0.327. The summed E-state index contributed by atoms with van der Waals surface area (Å²) in [6, 6.07) is 5.95. The number of H-pyrrole nitrogens is 1. The number of aromatic nitrogens is 3. The van der Waals surface area contributed by atoms with E-state index in [1.165, 1.54) is 30.1 Å². The van der Waals surface area contributed by atoms with Gasteiger partial charge < -0.3 is 4.90 Å². The Morgan fingerprint density at radius 2 is 2.30 bits per heavy atom. The van der Waals surface area contributed by atoms with E-state index in [9.17, 15) is 9.18 Å². The van der Waals surface area contributed by atoms with E-state index in [0.717, 1.165) is 0 Å². The standard InChI is InChI=1S/C13H12FN5O/c1-8-16-12(18-17-8)13(20)19(2)7-10-5-9(6-15)3-4-11(10)14/h3-5H,7H2,1-2H3,(H,16,17,18). The molecule has 0 bridgehead atoms. The van der Waals surface area contributed by atoms with Crippen LogP contribution in [0.15, 0.2) is 18.2 Å². The highest BCUT2D eigenvalue weighted by molar-refractivity contribution is 5.90. The average Bonchev–Trinajstić information content (AvgIpc) is 2.87. The minimum atomic E-state index is -0.463. The quantitative estimate of drug-likeness (QED) is 0.915. The van der Waals surface area contributed by atoms with Gasteiger partial charge in [-0.1, -0.05) is 0 Å². The molecule has 1 aromatic carbocycles. The predicted octanol–water partition coefficient (Wildman–Crippen LogP) is 1.40. The van der Waals surface area contributed by atoms with Crippen LogP contribution in [-0.4, -0.2) is 33.0 Å². The van der Waals surface area contributed by atoms with Crippen LogP contribution in [0.5, 0.6) is 0 Å². The van der Waals surface area contributed by atoms with Crippen molar-refractivity contribution >= 4 is 5.91 Å². The number of carbonyl (C=O) groups excluding carboxylic acids is 1. The van der Waals surface area contributed by atoms with Gasteiger partial charge >= 0.3 is 0 Å². The zero-order valence-electron chi connectivity index (χ0n) is 11.0. The Morgan fingerprint density at radius 1 is 1.55 bits per heavy atom. The average molecular weight is 273 g/mol. The van der Waals surface area contributed by atoms with E-state index in [1.54, 1.807) is 6.92 Å². The molecule has 0 unspecified atom stereocenters. The number of hydrogen-bond acceptors (Lipinski definition) is 4. The van der Waals surface area contributed by atoms with Crippen molar-refractivity contribution in [2.75, 3.05) is 7.05 Å². The fourth-order valence-corrected chi connectivity index (χ4v) is 1.70. The molecule has 0 spiro atoms. The van der Waals surface area contributed by atoms with Crippen LogP contribution in [0.25, 0.3) is 0 Å². The van der Waals surface area contributed by atoms with Gasteiger partial charge in [0.2, 0.25) is 5.82 Å². The van der Waals surface area contributed by atoms with Crippen LogP contribution in [0.3, 0.4) is 0 Å². The number of rotatable bonds is 3. The van der Waals surface area contributed by atoms with Crippen molar-refractivity contribution in [1.82, 2.24) is 20.1 Å². The summed E-state index contributed by atoms with van der Waals surface area (Å²) >= 11 is 0. The Balaban J connectivity index is 2.17. The van der Waals surface area contributed by atoms with Crippen LogP contribution in [0.2, 0.25) is 0 Å². The van der Waals surface area contributed by atoms with Gasteiger partial charge in [0.25, 0.3) is 5.91 Å². The molecule has 1 aromatic heterocycles. The SMILES string of the molecule is Cc1nc(C(=O)N(C)Cc2cc(C#N)ccc2F)n[nH]1. The molecule has 0 saturated carbocycles. The Bertz CT molecular complexity index is 688. The van der Waals surface area contributed by atoms with Crippen molar-refractivity contribution in [3.63, 3.8) is 0 Å². The van der Waals surface area contributed by atoms with E-state index in [4.69, 9.17) is 5.26 Å². The number of nitriles is 1. The van der Waals surface area contributed by atoms with Crippen LogP contribution < -0.4 is 0 Å². The molecule has 0 fully saturated rings. The molecule has 2 rings (SSSR count). The molecule has 6 nitrogen and oxygen atoms in total. The molecule has 2 aromatic rings. The Labute approximate surface area is 114 Å². The molecule has 7 heteroatoms. The van der Waals surface area contributed by atoms with Gasteiger partial charge in [-0.15, -0.1) is 5.10 Å². The number of aromatic amines is 1. The van der Waals surface area contributed by atoms with E-state index in [2.05, 4.69) is 15.2 Å². The molecule has 0 radical (unpaired) electrons. The maximum Gasteiger partial charge on any atom is 0.293 e. The third-order valence-corrected chi connectivity index (χ3v) is 2.72. The summed E-state index contributed by atoms with van der Waals surface area (Å²) in [4.78, 5) is 17.2. The second kappa shape index (κ2) is 5.48. The van der Waals surface area contributed by atoms with Crippen LogP contribution in [0, 0.1) is 24.1 Å². The molecule has 102 valence electrons. The summed E-state index contributed by atoms with van der Waals surface area (Å²) in [5.41, 5.74) is 0.614. The van der Waals surface area contributed by atoms with Gasteiger partial charge in [-0.3, -0.25) is 9.89 Å². The number of benzene rings is 1. The number of aryl methyl sites for hydroxylation is 1. The first-order valence-corrected chi connectivity index (χ1v) is 5.84. The van der Waals surface area contributed by atoms with Gasteiger partial charge in [-0.2, -0.15) is 5.26 Å². The van der Waals surface area contributed by atoms with Crippen molar-refractivity contribution in [1.29, 1.82) is 5.26 Å². The van der Waals surface area contributed by atoms with Crippen LogP contribution in [0.4, 0.5) is 4.39 Å². The maximum atomic E-state index is 13.7. The third kappa shape index (κ3) is 2.80. The second-order valence-corrected chi connectivity index (χ2v) is 4.32. The van der Waals surface area contributed by atoms with E-state index in [0.29, 0.717) is 11.4 Å². The van der Waals surface area contributed by atoms with Gasteiger partial charge in [0, 0.05) is 19.2 Å². The Hall–Kier alpha value is -2.75. The molecule has 20 heavy (non-hydrogen) atoms. The van der Waals surface area contributed by atoms with Crippen molar-refractivity contribution in [2.24, 2.45) is 0 Å². The van der Waals surface area contributed by atoms with E-state index >= 15 is 0 Å². The largest absolute Gasteiger partial charge is 0.334 e. The summed E-state index contributed by atoms with van der Waals surface area (Å²) in [5, 5.41) is 15.1. The lowest BCUT2D eigenvalue weighted by Crippen LogP contribution is -2.27. The second-order valence-electron chi connectivity index (χ2n) is 4.32. The zero-order valence-corrected chi connectivity index (χ0v) is 11.0. The first kappa shape index (κ1) is 13.7. The lowest BCUT2D eigenvalue weighted by molar-refractivity contribution is 0.0772. The highest BCUT2D eigenvalue weighted by Gasteiger charge is 2.18. The van der Waals surface area contributed by atoms with Gasteiger partial charge in [0.05, 0.1) is 11.6 Å². The zero-order chi connectivity index (χ0) is 14.7. The smallest absolute Gasteiger partial charge is 0.293 e. The Morgan fingerprint density at radius 3 is 2.90 bits per heavy atom. The highest BCUT2D eigenvalue weighted by Crippen LogP contribution is 2.13. The van der Waals surface area contributed by atoms with E-state index < -0.39 is 11.7 Å². The number of halogens is 1. The number of amides is 1. The summed E-state index contributed by atoms with van der Waals surface area (Å²) in [6.45, 7) is 1.72. The lowest BCUT2D eigenvalue weighted by Gasteiger charge is -2.15. The highest BCUT2D eigenvalue weighted by atomic mass is 19.1. The van der Waals surface area contributed by atoms with Gasteiger partial charge in [0.1, 0.15) is 11.6 Å². The third-order valence-electron chi connectivity index (χ3n) is 2.72. The van der Waals surface area contributed by atoms with Crippen LogP contribution in [0.1, 0.15) is 27.6 Å². The molecule has 0 aliphatic rings. The van der Waals surface area contributed by atoms with Crippen LogP contribution in [-0.2, 0) is 6.54 Å². The molecule has 0 aliphatic carbocycles. The maximum absolute atomic E-state index is 13.7. The van der Waals surface area contributed by atoms with Crippen molar-refractivity contribution < 1.29 is 9.18 Å². The number of carbonyl (C=O) groups is 1. The van der Waals surface area contributed by atoms with Crippen LogP contribution >= 0.6 is 0 Å². The fraction of sp³-hybridized carbons (Fsp3) is 0.231. The molecular weight excluding hydrogens is 261 g/mol. The minimum Gasteiger partial charge on any atom is -0.334 e. The molecule has 0 saturated heterocycles. The normalized spacial score (nSPS) is 10.1. The molecule has 1 N–H and O–H groups in total. The van der Waals surface area contributed by atoms with Crippen molar-refractivity contribution in [2.45, 2.75) is 13.5 Å². The summed E-state index contributed by atoms with van der Waals surface area (Å²) < 4.78 is 13.7. The monoisotopic (exact) mass is 273 g/mol. The lowest BCUT2D eigenvalue weighted by atomic mass is 10.1. The summed E-state index contributed by atoms with van der Waals surface area (Å²) in [6.07, 6.45) is 0. The first-order valence-electron chi connectivity index (χ1n) is 5.84.